The third kappa shape index (κ3) is 3.54. The number of rotatable bonds is 3. The molecule has 1 fully saturated rings. The highest BCUT2D eigenvalue weighted by atomic mass is 16.4. The Hall–Kier alpha value is -0.875. The van der Waals surface area contributed by atoms with Crippen LogP contribution in [0.2, 0.25) is 0 Å². The number of piperidine rings is 1. The van der Waals surface area contributed by atoms with Crippen molar-refractivity contribution in [2.75, 3.05) is 13.1 Å². The van der Waals surface area contributed by atoms with E-state index < -0.39 is 7.12 Å². The third-order valence-corrected chi connectivity index (χ3v) is 3.21. The van der Waals surface area contributed by atoms with Crippen molar-refractivity contribution in [2.45, 2.75) is 25.5 Å². The monoisotopic (exact) mass is 235 g/mol. The van der Waals surface area contributed by atoms with Gasteiger partial charge in [-0.3, -0.25) is 4.90 Å². The van der Waals surface area contributed by atoms with E-state index >= 15 is 0 Å². The Labute approximate surface area is 102 Å². The first-order valence-corrected chi connectivity index (χ1v) is 6.00. The predicted octanol–water partition coefficient (Wildman–Crippen LogP) is -0.677. The molecule has 0 atom stereocenters. The van der Waals surface area contributed by atoms with Gasteiger partial charge >= 0.3 is 7.12 Å². The molecule has 0 bridgehead atoms. The summed E-state index contributed by atoms with van der Waals surface area (Å²) in [5.41, 5.74) is 1.60. The maximum atomic E-state index is 9.42. The maximum absolute atomic E-state index is 9.42. The number of hydrogen-bond acceptors (Lipinski definition) is 4. The van der Waals surface area contributed by atoms with Crippen LogP contribution in [0.15, 0.2) is 24.3 Å². The van der Waals surface area contributed by atoms with Gasteiger partial charge in [0.25, 0.3) is 0 Å². The fourth-order valence-corrected chi connectivity index (χ4v) is 2.19. The van der Waals surface area contributed by atoms with Crippen molar-refractivity contribution in [1.82, 2.24) is 4.90 Å². The molecular weight excluding hydrogens is 217 g/mol. The molecule has 1 heterocycles. The van der Waals surface area contributed by atoms with Crippen molar-refractivity contribution in [1.29, 1.82) is 0 Å². The molecule has 4 nitrogen and oxygen atoms in total. The molecule has 92 valence electrons. The number of nitrogens with zero attached hydrogens (tertiary/aromatic N) is 1. The van der Waals surface area contributed by atoms with E-state index in [0.717, 1.165) is 38.0 Å². The summed E-state index contributed by atoms with van der Waals surface area (Å²) in [5, 5.41) is 27.6. The minimum absolute atomic E-state index is 0.156. The van der Waals surface area contributed by atoms with Crippen molar-refractivity contribution in [3.63, 3.8) is 0 Å². The quantitative estimate of drug-likeness (QED) is 0.607. The van der Waals surface area contributed by atoms with Gasteiger partial charge in [-0.1, -0.05) is 24.3 Å². The van der Waals surface area contributed by atoms with Gasteiger partial charge in [-0.2, -0.15) is 0 Å². The van der Waals surface area contributed by atoms with E-state index in [1.807, 2.05) is 18.2 Å². The van der Waals surface area contributed by atoms with Crippen molar-refractivity contribution >= 4 is 12.6 Å². The lowest BCUT2D eigenvalue weighted by atomic mass is 9.79. The molecule has 1 aromatic carbocycles. The lowest BCUT2D eigenvalue weighted by Gasteiger charge is -2.29. The van der Waals surface area contributed by atoms with Crippen LogP contribution in [0.5, 0.6) is 0 Å². The molecule has 5 heteroatoms. The van der Waals surface area contributed by atoms with Crippen LogP contribution in [-0.2, 0) is 6.54 Å². The number of benzene rings is 1. The Bertz CT molecular complexity index is 365. The summed E-state index contributed by atoms with van der Waals surface area (Å²) in [5.74, 6) is 0. The second-order valence-electron chi connectivity index (χ2n) is 4.63. The summed E-state index contributed by atoms with van der Waals surface area (Å²) in [4.78, 5) is 2.27. The van der Waals surface area contributed by atoms with Crippen molar-refractivity contribution in [3.05, 3.63) is 29.8 Å². The van der Waals surface area contributed by atoms with Crippen molar-refractivity contribution < 1.29 is 15.2 Å². The Kier molecular flexibility index (Phi) is 4.18. The molecule has 0 saturated carbocycles. The molecule has 0 spiro atoms. The number of hydrogen-bond donors (Lipinski definition) is 3. The number of aliphatic hydroxyl groups is 1. The van der Waals surface area contributed by atoms with Crippen molar-refractivity contribution in [3.8, 4) is 0 Å². The van der Waals surface area contributed by atoms with E-state index in [1.165, 1.54) is 0 Å². The fourth-order valence-electron chi connectivity index (χ4n) is 2.19. The molecule has 1 aromatic rings. The zero-order chi connectivity index (χ0) is 12.3. The Morgan fingerprint density at radius 1 is 1.24 bits per heavy atom. The largest absolute Gasteiger partial charge is 0.488 e. The highest BCUT2D eigenvalue weighted by molar-refractivity contribution is 6.58. The standard InChI is InChI=1S/C12H18BNO3/c15-12-4-6-14(7-5-12)9-10-2-1-3-11(8-10)13(16)17/h1-3,8,12,15-17H,4-7,9H2. The summed E-state index contributed by atoms with van der Waals surface area (Å²) < 4.78 is 0. The van der Waals surface area contributed by atoms with Gasteiger partial charge in [0, 0.05) is 19.6 Å². The lowest BCUT2D eigenvalue weighted by molar-refractivity contribution is 0.0792. The minimum Gasteiger partial charge on any atom is -0.423 e. The second kappa shape index (κ2) is 5.64. The average Bonchev–Trinajstić information content (AvgIpc) is 2.32. The number of likely N-dealkylation sites (tertiary alicyclic amines) is 1. The summed E-state index contributed by atoms with van der Waals surface area (Å²) >= 11 is 0. The molecule has 1 aliphatic rings. The summed E-state index contributed by atoms with van der Waals surface area (Å²) in [6.07, 6.45) is 1.49. The van der Waals surface area contributed by atoms with Gasteiger partial charge < -0.3 is 15.2 Å². The van der Waals surface area contributed by atoms with Gasteiger partial charge in [-0.05, 0) is 23.9 Å². The van der Waals surface area contributed by atoms with Crippen LogP contribution in [-0.4, -0.2) is 46.4 Å². The molecule has 17 heavy (non-hydrogen) atoms. The topological polar surface area (TPSA) is 63.9 Å². The molecule has 3 N–H and O–H groups in total. The van der Waals surface area contributed by atoms with Gasteiger partial charge in [-0.15, -0.1) is 0 Å². The van der Waals surface area contributed by atoms with E-state index in [1.54, 1.807) is 6.07 Å². The van der Waals surface area contributed by atoms with Crippen LogP contribution in [0.4, 0.5) is 0 Å². The van der Waals surface area contributed by atoms with Crippen molar-refractivity contribution in [2.24, 2.45) is 0 Å². The molecule has 0 aromatic heterocycles. The first-order valence-electron chi connectivity index (χ1n) is 6.00. The minimum atomic E-state index is -1.40. The molecule has 0 aliphatic carbocycles. The molecule has 1 aliphatic heterocycles. The molecule has 2 rings (SSSR count). The predicted molar refractivity (Wildman–Crippen MR) is 66.8 cm³/mol. The van der Waals surface area contributed by atoms with Crippen LogP contribution in [0.25, 0.3) is 0 Å². The number of aliphatic hydroxyl groups excluding tert-OH is 1. The maximum Gasteiger partial charge on any atom is 0.488 e. The van der Waals surface area contributed by atoms with Gasteiger partial charge in [0.15, 0.2) is 0 Å². The first kappa shape index (κ1) is 12.6. The zero-order valence-electron chi connectivity index (χ0n) is 9.79. The summed E-state index contributed by atoms with van der Waals surface area (Å²) in [7, 11) is -1.40. The van der Waals surface area contributed by atoms with Gasteiger partial charge in [0.05, 0.1) is 6.10 Å². The Balaban J connectivity index is 1.96. The van der Waals surface area contributed by atoms with E-state index in [2.05, 4.69) is 4.90 Å². The lowest BCUT2D eigenvalue weighted by Crippen LogP contribution is -2.36. The van der Waals surface area contributed by atoms with Crippen LogP contribution in [0, 0.1) is 0 Å². The van der Waals surface area contributed by atoms with E-state index in [9.17, 15) is 5.11 Å². The first-order chi connectivity index (χ1) is 8.15. The molecule has 0 amide bonds. The van der Waals surface area contributed by atoms with E-state index in [-0.39, 0.29) is 6.10 Å². The van der Waals surface area contributed by atoms with Crippen LogP contribution >= 0.6 is 0 Å². The van der Waals surface area contributed by atoms with Gasteiger partial charge in [0.2, 0.25) is 0 Å². The van der Waals surface area contributed by atoms with Crippen LogP contribution < -0.4 is 5.46 Å². The van der Waals surface area contributed by atoms with Crippen LogP contribution in [0.1, 0.15) is 18.4 Å². The molecule has 1 saturated heterocycles. The van der Waals surface area contributed by atoms with Crippen LogP contribution in [0.3, 0.4) is 0 Å². The highest BCUT2D eigenvalue weighted by Crippen LogP contribution is 2.13. The Morgan fingerprint density at radius 2 is 1.94 bits per heavy atom. The van der Waals surface area contributed by atoms with Gasteiger partial charge in [0.1, 0.15) is 0 Å². The third-order valence-electron chi connectivity index (χ3n) is 3.21. The Morgan fingerprint density at radius 3 is 2.59 bits per heavy atom. The molecule has 0 unspecified atom stereocenters. The normalized spacial score (nSPS) is 18.3. The van der Waals surface area contributed by atoms with E-state index in [0.29, 0.717) is 5.46 Å². The van der Waals surface area contributed by atoms with E-state index in [4.69, 9.17) is 10.0 Å². The fraction of sp³-hybridized carbons (Fsp3) is 0.500. The molecule has 0 radical (unpaired) electrons. The second-order valence-corrected chi connectivity index (χ2v) is 4.63. The average molecular weight is 235 g/mol. The summed E-state index contributed by atoms with van der Waals surface area (Å²) in [6, 6.07) is 7.34. The zero-order valence-corrected chi connectivity index (χ0v) is 9.79. The van der Waals surface area contributed by atoms with Gasteiger partial charge in [-0.25, -0.2) is 0 Å². The SMILES string of the molecule is OB(O)c1cccc(CN2CCC(O)CC2)c1. The highest BCUT2D eigenvalue weighted by Gasteiger charge is 2.17. The smallest absolute Gasteiger partial charge is 0.423 e. The molecular formula is C12H18BNO3. The summed E-state index contributed by atoms with van der Waals surface area (Å²) in [6.45, 7) is 2.59.